The molecule has 172 valence electrons. The summed E-state index contributed by atoms with van der Waals surface area (Å²) in [7, 11) is 0. The highest BCUT2D eigenvalue weighted by molar-refractivity contribution is 5.99. The predicted octanol–water partition coefficient (Wildman–Crippen LogP) is 3.34. The highest BCUT2D eigenvalue weighted by Crippen LogP contribution is 2.31. The van der Waals surface area contributed by atoms with Gasteiger partial charge in [-0.15, -0.1) is 0 Å². The molecule has 0 N–H and O–H groups in total. The Kier molecular flexibility index (Phi) is 6.05. The molecule has 4 heterocycles. The zero-order valence-corrected chi connectivity index (χ0v) is 19.2. The summed E-state index contributed by atoms with van der Waals surface area (Å²) in [4.78, 5) is 22.1. The van der Waals surface area contributed by atoms with Crippen LogP contribution in [0.4, 0.5) is 5.82 Å². The third-order valence-electron chi connectivity index (χ3n) is 6.54. The second-order valence-electron chi connectivity index (χ2n) is 8.77. The lowest BCUT2D eigenvalue weighted by Gasteiger charge is -2.35. The number of rotatable bonds is 6. The Hall–Kier alpha value is -3.32. The zero-order valence-electron chi connectivity index (χ0n) is 19.2. The molecule has 7 nitrogen and oxygen atoms in total. The second-order valence-corrected chi connectivity index (χ2v) is 8.77. The molecule has 0 spiro atoms. The molecule has 0 aliphatic carbocycles. The van der Waals surface area contributed by atoms with Crippen LogP contribution in [0.2, 0.25) is 0 Å². The number of anilines is 1. The molecule has 0 bridgehead atoms. The molecule has 1 atom stereocenters. The Morgan fingerprint density at radius 3 is 2.55 bits per heavy atom. The normalized spacial score (nSPS) is 18.4. The van der Waals surface area contributed by atoms with Gasteiger partial charge in [0.15, 0.2) is 23.4 Å². The summed E-state index contributed by atoms with van der Waals surface area (Å²) in [6, 6.07) is 15.7. The number of ether oxygens (including phenoxy) is 2. The van der Waals surface area contributed by atoms with E-state index in [-0.39, 0.29) is 11.9 Å². The van der Waals surface area contributed by atoms with Crippen LogP contribution in [0.5, 0.6) is 11.5 Å². The highest BCUT2D eigenvalue weighted by Gasteiger charge is 2.25. The summed E-state index contributed by atoms with van der Waals surface area (Å²) in [5.74, 6) is 2.74. The molecule has 33 heavy (non-hydrogen) atoms. The fraction of sp³-hybridized carbons (Fsp3) is 0.385. The summed E-state index contributed by atoms with van der Waals surface area (Å²) in [5.41, 5.74) is 2.86. The predicted molar refractivity (Wildman–Crippen MR) is 127 cm³/mol. The van der Waals surface area contributed by atoms with Gasteiger partial charge >= 0.3 is 0 Å². The van der Waals surface area contributed by atoms with Crippen molar-refractivity contribution in [1.29, 1.82) is 0 Å². The van der Waals surface area contributed by atoms with E-state index in [1.54, 1.807) is 0 Å². The first-order chi connectivity index (χ1) is 16.1. The number of aromatic nitrogens is 2. The van der Waals surface area contributed by atoms with Gasteiger partial charge in [0.05, 0.1) is 13.1 Å². The van der Waals surface area contributed by atoms with Gasteiger partial charge in [-0.25, -0.2) is 4.98 Å². The van der Waals surface area contributed by atoms with Gasteiger partial charge in [-0.1, -0.05) is 18.2 Å². The van der Waals surface area contributed by atoms with E-state index in [9.17, 15) is 4.79 Å². The lowest BCUT2D eigenvalue weighted by Crippen LogP contribution is -2.48. The number of fused-ring (bicyclic) bond motifs is 1. The number of carbonyl (C=O) groups excluding carboxylic acids is 1. The Morgan fingerprint density at radius 2 is 1.79 bits per heavy atom. The van der Waals surface area contributed by atoms with Gasteiger partial charge in [-0.05, 0) is 44.2 Å². The van der Waals surface area contributed by atoms with Crippen LogP contribution in [0.1, 0.15) is 21.7 Å². The van der Waals surface area contributed by atoms with Crippen LogP contribution in [0.3, 0.4) is 0 Å². The fourth-order valence-electron chi connectivity index (χ4n) is 4.69. The first kappa shape index (κ1) is 21.5. The van der Waals surface area contributed by atoms with E-state index in [2.05, 4.69) is 19.4 Å². The number of ketones is 1. The maximum atomic E-state index is 13.2. The number of carbonyl (C=O) groups is 1. The molecule has 0 radical (unpaired) electrons. The fourth-order valence-corrected chi connectivity index (χ4v) is 4.69. The van der Waals surface area contributed by atoms with E-state index in [0.29, 0.717) is 19.7 Å². The van der Waals surface area contributed by atoms with E-state index < -0.39 is 0 Å². The van der Waals surface area contributed by atoms with Crippen molar-refractivity contribution in [3.05, 3.63) is 71.7 Å². The number of hydrogen-bond donors (Lipinski definition) is 0. The first-order valence-electron chi connectivity index (χ1n) is 11.6. The van der Waals surface area contributed by atoms with Gasteiger partial charge in [-0.3, -0.25) is 9.69 Å². The maximum absolute atomic E-state index is 13.2. The third-order valence-corrected chi connectivity index (χ3v) is 6.54. The summed E-state index contributed by atoms with van der Waals surface area (Å²) in [6.07, 6.45) is 1.73. The monoisotopic (exact) mass is 446 g/mol. The van der Waals surface area contributed by atoms with E-state index >= 15 is 0 Å². The molecular weight excluding hydrogens is 416 g/mol. The van der Waals surface area contributed by atoms with Crippen LogP contribution in [0, 0.1) is 13.8 Å². The summed E-state index contributed by atoms with van der Waals surface area (Å²) in [6.45, 7) is 9.13. The van der Waals surface area contributed by atoms with Crippen LogP contribution in [-0.4, -0.2) is 65.7 Å². The van der Waals surface area contributed by atoms with Gasteiger partial charge in [-0.2, -0.15) is 0 Å². The molecule has 3 aromatic rings. The molecule has 5 rings (SSSR count). The van der Waals surface area contributed by atoms with Crippen molar-refractivity contribution >= 4 is 11.6 Å². The molecule has 2 aliphatic rings. The van der Waals surface area contributed by atoms with E-state index in [0.717, 1.165) is 60.4 Å². The van der Waals surface area contributed by atoms with Gasteiger partial charge < -0.3 is 18.9 Å². The molecule has 2 aromatic heterocycles. The number of Topliss-reactive ketones (excluding diaryl/α,β-unsaturated/α-hetero) is 1. The zero-order chi connectivity index (χ0) is 22.8. The highest BCUT2D eigenvalue weighted by atomic mass is 16.6. The second kappa shape index (κ2) is 9.27. The molecular formula is C26H30N4O3. The molecule has 1 fully saturated rings. The Labute approximate surface area is 194 Å². The quantitative estimate of drug-likeness (QED) is 0.542. The Morgan fingerprint density at radius 1 is 1.03 bits per heavy atom. The minimum atomic E-state index is -0.0904. The van der Waals surface area contributed by atoms with Crippen molar-refractivity contribution in [1.82, 2.24) is 14.5 Å². The summed E-state index contributed by atoms with van der Waals surface area (Å²) >= 11 is 0. The van der Waals surface area contributed by atoms with Crippen molar-refractivity contribution in [3.8, 4) is 11.5 Å². The summed E-state index contributed by atoms with van der Waals surface area (Å²) < 4.78 is 14.2. The molecule has 7 heteroatoms. The van der Waals surface area contributed by atoms with Gasteiger partial charge in [0.25, 0.3) is 0 Å². The van der Waals surface area contributed by atoms with Crippen LogP contribution in [-0.2, 0) is 6.54 Å². The van der Waals surface area contributed by atoms with Crippen molar-refractivity contribution in [2.45, 2.75) is 26.5 Å². The number of hydrogen-bond acceptors (Lipinski definition) is 6. The van der Waals surface area contributed by atoms with E-state index in [4.69, 9.17) is 9.47 Å². The van der Waals surface area contributed by atoms with Crippen molar-refractivity contribution in [2.75, 3.05) is 44.2 Å². The van der Waals surface area contributed by atoms with Gasteiger partial charge in [0, 0.05) is 49.3 Å². The molecule has 0 unspecified atom stereocenters. The lowest BCUT2D eigenvalue weighted by atomic mass is 10.1. The topological polar surface area (TPSA) is 59.8 Å². The van der Waals surface area contributed by atoms with E-state index in [1.807, 2.05) is 68.6 Å². The maximum Gasteiger partial charge on any atom is 0.178 e. The number of aryl methyl sites for hydroxylation is 1. The molecule has 1 saturated heterocycles. The van der Waals surface area contributed by atoms with Gasteiger partial charge in [0.2, 0.25) is 0 Å². The number of benzene rings is 1. The van der Waals surface area contributed by atoms with Gasteiger partial charge in [0.1, 0.15) is 12.4 Å². The standard InChI is InChI=1S/C26H30N4O3/c1-19-15-22(20(2)30(19)16-21-18-32-24-7-3-4-8-25(24)33-21)23(31)17-28-11-13-29(14-12-28)26-9-5-6-10-27-26/h3-10,15,21H,11-14,16-18H2,1-2H3/t21-/m1/s1. The average molecular weight is 447 g/mol. The number of pyridine rings is 1. The number of nitrogens with zero attached hydrogens (tertiary/aromatic N) is 4. The minimum Gasteiger partial charge on any atom is -0.486 e. The lowest BCUT2D eigenvalue weighted by molar-refractivity contribution is 0.0777. The van der Waals surface area contributed by atoms with E-state index in [1.165, 1.54) is 0 Å². The molecule has 0 amide bonds. The summed E-state index contributed by atoms with van der Waals surface area (Å²) in [5, 5.41) is 0. The third kappa shape index (κ3) is 4.59. The van der Waals surface area contributed by atoms with Crippen molar-refractivity contribution in [3.63, 3.8) is 0 Å². The minimum absolute atomic E-state index is 0.0904. The number of para-hydroxylation sites is 2. The van der Waals surface area contributed by atoms with Crippen LogP contribution in [0.25, 0.3) is 0 Å². The smallest absolute Gasteiger partial charge is 0.178 e. The van der Waals surface area contributed by atoms with Crippen LogP contribution < -0.4 is 14.4 Å². The van der Waals surface area contributed by atoms with Crippen molar-refractivity contribution in [2.24, 2.45) is 0 Å². The SMILES string of the molecule is Cc1cc(C(=O)CN2CCN(c3ccccn3)CC2)c(C)n1C[C@@H]1COc2ccccc2O1. The largest absolute Gasteiger partial charge is 0.486 e. The Balaban J connectivity index is 1.20. The van der Waals surface area contributed by atoms with Crippen molar-refractivity contribution < 1.29 is 14.3 Å². The molecule has 2 aliphatic heterocycles. The van der Waals surface area contributed by atoms with Crippen LogP contribution >= 0.6 is 0 Å². The molecule has 0 saturated carbocycles. The number of piperazine rings is 1. The average Bonchev–Trinajstić information content (AvgIpc) is 3.13. The molecule has 1 aromatic carbocycles. The Bertz CT molecular complexity index is 1120. The first-order valence-corrected chi connectivity index (χ1v) is 11.6. The van der Waals surface area contributed by atoms with Crippen LogP contribution in [0.15, 0.2) is 54.7 Å².